The number of hydrogen-bond donors (Lipinski definition) is 0. The molecule has 0 bridgehead atoms. The van der Waals surface area contributed by atoms with Gasteiger partial charge in [0.25, 0.3) is 0 Å². The van der Waals surface area contributed by atoms with Crippen LogP contribution in [0.25, 0.3) is 76.1 Å². The summed E-state index contributed by atoms with van der Waals surface area (Å²) in [6, 6.07) is 126. The van der Waals surface area contributed by atoms with Crippen LogP contribution in [0.1, 0.15) is 0 Å². The van der Waals surface area contributed by atoms with Crippen molar-refractivity contribution < 1.29 is 0 Å². The molecule has 0 aliphatic carbocycles. The van der Waals surface area contributed by atoms with Gasteiger partial charge in [0, 0.05) is 0 Å². The summed E-state index contributed by atoms with van der Waals surface area (Å²) < 4.78 is 2.96. The van der Waals surface area contributed by atoms with Crippen LogP contribution in [0.5, 0.6) is 0 Å². The van der Waals surface area contributed by atoms with Crippen LogP contribution < -0.4 is 28.4 Å². The van der Waals surface area contributed by atoms with Gasteiger partial charge in [-0.25, -0.2) is 0 Å². The molecule has 0 heterocycles. The maximum absolute atomic E-state index is 2.49. The SMILES string of the molecule is [CH3][Ge]([CH3])([CH3])[c]1ccc(N(c2ccc(N(c3ccc(-c4ccccc4)cc3)c3ccc4ccccc4c3)cc2)c2ccc3ccc4c(N(c5ccc(N(c6ccc(-c7ccccc7)cc6)c6ccc7ccccc7c6)cc5)c5cc[c]([Ge]([CH3])([CH3])[CH3])cc5)ccc5ccc2c3c54)cc1. The van der Waals surface area contributed by atoms with E-state index in [-0.39, 0.29) is 0 Å². The molecule has 96 heavy (non-hydrogen) atoms. The first-order valence-corrected chi connectivity index (χ1v) is 48.1. The summed E-state index contributed by atoms with van der Waals surface area (Å²) in [5, 5.41) is 12.2. The number of hydrogen-bond acceptors (Lipinski definition) is 4. The molecule has 16 aromatic carbocycles. The first-order valence-electron chi connectivity index (χ1n) is 33.5. The molecular formula is C90H74Ge2N4. The minimum absolute atomic E-state index is 1.08. The third-order valence-corrected chi connectivity index (χ3v) is 27.9. The molecular weight excluding hydrogens is 1280 g/mol. The van der Waals surface area contributed by atoms with Crippen LogP contribution in [0.15, 0.2) is 340 Å². The quantitative estimate of drug-likeness (QED) is 0.0706. The summed E-state index contributed by atoms with van der Waals surface area (Å²) in [7, 11) is 0. The van der Waals surface area contributed by atoms with Crippen molar-refractivity contribution in [2.75, 3.05) is 19.6 Å². The molecule has 0 atom stereocenters. The fourth-order valence-electron chi connectivity index (χ4n) is 14.1. The molecule has 0 radical (unpaired) electrons. The third kappa shape index (κ3) is 11.5. The zero-order valence-corrected chi connectivity index (χ0v) is 59.3. The number of anilines is 12. The van der Waals surface area contributed by atoms with Gasteiger partial charge in [-0.3, -0.25) is 0 Å². The molecule has 0 saturated heterocycles. The predicted octanol–water partition coefficient (Wildman–Crippen LogP) is 25.2. The van der Waals surface area contributed by atoms with Gasteiger partial charge in [-0.05, 0) is 43.8 Å². The predicted molar refractivity (Wildman–Crippen MR) is 421 cm³/mol. The Kier molecular flexibility index (Phi) is 15.7. The first kappa shape index (κ1) is 60.3. The van der Waals surface area contributed by atoms with Crippen molar-refractivity contribution in [1.29, 1.82) is 0 Å². The van der Waals surface area contributed by atoms with Gasteiger partial charge in [0.1, 0.15) is 0 Å². The Bertz CT molecular complexity index is 5110. The fourth-order valence-corrected chi connectivity index (χ4v) is 19.0. The van der Waals surface area contributed by atoms with E-state index in [1.54, 1.807) is 0 Å². The van der Waals surface area contributed by atoms with Crippen molar-refractivity contribution in [3.05, 3.63) is 340 Å². The van der Waals surface area contributed by atoms with E-state index in [1.807, 2.05) is 0 Å². The van der Waals surface area contributed by atoms with E-state index in [2.05, 4.69) is 394 Å². The van der Waals surface area contributed by atoms with Gasteiger partial charge in [-0.2, -0.15) is 0 Å². The van der Waals surface area contributed by atoms with Gasteiger partial charge >= 0.3 is 384 Å². The Balaban J connectivity index is 0.825. The van der Waals surface area contributed by atoms with Crippen LogP contribution >= 0.6 is 0 Å². The summed E-state index contributed by atoms with van der Waals surface area (Å²) in [6.45, 7) is 0. The number of rotatable bonds is 16. The average Bonchev–Trinajstić information content (AvgIpc) is 0.723. The van der Waals surface area contributed by atoms with Crippen molar-refractivity contribution in [3.63, 3.8) is 0 Å². The molecule has 0 spiro atoms. The van der Waals surface area contributed by atoms with Crippen LogP contribution in [0, 0.1) is 0 Å². The van der Waals surface area contributed by atoms with Gasteiger partial charge in [-0.15, -0.1) is 0 Å². The van der Waals surface area contributed by atoms with Gasteiger partial charge < -0.3 is 0 Å². The third-order valence-electron chi connectivity index (χ3n) is 19.3. The Labute approximate surface area is 569 Å². The summed E-state index contributed by atoms with van der Waals surface area (Å²) >= 11 is -4.37. The Morgan fingerprint density at radius 1 is 0.188 bits per heavy atom. The molecule has 462 valence electrons. The van der Waals surface area contributed by atoms with Crippen molar-refractivity contribution in [3.8, 4) is 22.3 Å². The second kappa shape index (κ2) is 24.9. The molecule has 0 saturated carbocycles. The van der Waals surface area contributed by atoms with Crippen LogP contribution in [-0.2, 0) is 0 Å². The molecule has 16 rings (SSSR count). The van der Waals surface area contributed by atoms with Gasteiger partial charge in [0.15, 0.2) is 0 Å². The normalized spacial score (nSPS) is 11.9. The maximum atomic E-state index is 2.49. The average molecular weight is 1360 g/mol. The molecule has 0 aliphatic rings. The zero-order valence-electron chi connectivity index (χ0n) is 55.1. The van der Waals surface area contributed by atoms with Gasteiger partial charge in [-0.1, -0.05) is 146 Å². The molecule has 16 aromatic rings. The summed E-state index contributed by atoms with van der Waals surface area (Å²) in [5.74, 6) is 14.9. The minimum atomic E-state index is -2.19. The van der Waals surface area contributed by atoms with E-state index in [1.165, 1.54) is 84.9 Å². The molecule has 0 unspecified atom stereocenters. The number of nitrogens with zero attached hydrogens (tertiary/aromatic N) is 4. The molecule has 0 fully saturated rings. The van der Waals surface area contributed by atoms with E-state index in [4.69, 9.17) is 0 Å². The summed E-state index contributed by atoms with van der Waals surface area (Å²) in [5.41, 5.74) is 18.0. The summed E-state index contributed by atoms with van der Waals surface area (Å²) in [6.07, 6.45) is 0. The second-order valence-electron chi connectivity index (χ2n) is 27.4. The first-order chi connectivity index (χ1) is 46.8. The fraction of sp³-hybridized carbons (Fsp3) is 0.0667. The van der Waals surface area contributed by atoms with Crippen molar-refractivity contribution in [2.24, 2.45) is 0 Å². The van der Waals surface area contributed by atoms with Crippen LogP contribution in [0.4, 0.5) is 68.2 Å². The standard InChI is InChI=1S/C90H74Ge2N4/c1-91(2,3)73-35-45-79(46-36-73)95(81-53-49-77(50-54-81)93(83-43-29-65-21-13-15-23-71(65)61-83)75-39-25-67(26-40-75)63-17-9-7-10-18-63)87-59-33-69-32-58-86-88(60-34-70-31-57-85(87)89(69)90(70)86)96(80-47-37-74(38-48-80)92(4,5)6)82-55-51-78(52-56-82)94(84-44-30-66-22-14-16-24-72(66)62-84)76-41-27-68(28-42-76)64-19-11-8-12-20-64/h7-62H,1-6H3. The monoisotopic (exact) mass is 1360 g/mol. The van der Waals surface area contributed by atoms with Gasteiger partial charge in [0.2, 0.25) is 0 Å². The van der Waals surface area contributed by atoms with E-state index in [9.17, 15) is 0 Å². The second-order valence-corrected chi connectivity index (χ2v) is 48.8. The molecule has 0 N–H and O–H groups in total. The Morgan fingerprint density at radius 2 is 0.438 bits per heavy atom. The van der Waals surface area contributed by atoms with Crippen molar-refractivity contribution in [1.82, 2.24) is 0 Å². The Morgan fingerprint density at radius 3 is 0.771 bits per heavy atom. The van der Waals surface area contributed by atoms with Crippen LogP contribution in [-0.4, -0.2) is 26.5 Å². The molecule has 0 aliphatic heterocycles. The molecule has 4 nitrogen and oxygen atoms in total. The van der Waals surface area contributed by atoms with E-state index < -0.39 is 26.5 Å². The zero-order chi connectivity index (χ0) is 65.1. The summed E-state index contributed by atoms with van der Waals surface area (Å²) in [4.78, 5) is 9.75. The van der Waals surface area contributed by atoms with E-state index in [0.29, 0.717) is 0 Å². The molecule has 6 heteroatoms. The van der Waals surface area contributed by atoms with Crippen molar-refractivity contribution >= 4 is 157 Å². The number of fused-ring (bicyclic) bond motifs is 2. The van der Waals surface area contributed by atoms with Crippen LogP contribution in [0.3, 0.4) is 0 Å². The van der Waals surface area contributed by atoms with Crippen molar-refractivity contribution in [2.45, 2.75) is 34.5 Å². The van der Waals surface area contributed by atoms with Gasteiger partial charge in [0.05, 0.1) is 0 Å². The number of benzene rings is 16. The Hall–Kier alpha value is -10.6. The van der Waals surface area contributed by atoms with E-state index in [0.717, 1.165) is 68.2 Å². The molecule has 0 aromatic heterocycles. The van der Waals surface area contributed by atoms with E-state index >= 15 is 0 Å². The topological polar surface area (TPSA) is 13.0 Å². The molecule has 0 amide bonds. The van der Waals surface area contributed by atoms with Crippen LogP contribution in [0.2, 0.25) is 34.5 Å².